The highest BCUT2D eigenvalue weighted by Gasteiger charge is 2.37. The number of nitrogens with zero attached hydrogens (tertiary/aromatic N) is 5. The summed E-state index contributed by atoms with van der Waals surface area (Å²) in [6.45, 7) is 4.49. The first-order valence-electron chi connectivity index (χ1n) is 8.98. The molecule has 2 aliphatic rings. The first kappa shape index (κ1) is 16.0. The van der Waals surface area contributed by atoms with Gasteiger partial charge in [-0.25, -0.2) is 9.97 Å². The van der Waals surface area contributed by atoms with Crippen molar-refractivity contribution in [2.24, 2.45) is 5.92 Å². The average Bonchev–Trinajstić information content (AvgIpc) is 2.94. The van der Waals surface area contributed by atoms with Gasteiger partial charge in [0.1, 0.15) is 11.5 Å². The minimum absolute atomic E-state index is 0.00291. The predicted molar refractivity (Wildman–Crippen MR) is 95.4 cm³/mol. The number of carbonyl (C=O) groups is 1. The van der Waals surface area contributed by atoms with E-state index < -0.39 is 0 Å². The molecular weight excluding hydrogens is 314 g/mol. The number of aromatic nitrogens is 3. The van der Waals surface area contributed by atoms with Crippen LogP contribution in [0.1, 0.15) is 35.4 Å². The maximum atomic E-state index is 12.7. The zero-order valence-electron chi connectivity index (χ0n) is 14.5. The van der Waals surface area contributed by atoms with Crippen LogP contribution in [0.25, 0.3) is 0 Å². The van der Waals surface area contributed by atoms with Crippen molar-refractivity contribution in [1.82, 2.24) is 19.9 Å². The van der Waals surface area contributed by atoms with Gasteiger partial charge in [0.25, 0.3) is 5.91 Å². The van der Waals surface area contributed by atoms with E-state index in [9.17, 15) is 4.79 Å². The number of hydrogen-bond acceptors (Lipinski definition) is 5. The normalized spacial score (nSPS) is 23.2. The second-order valence-corrected chi connectivity index (χ2v) is 6.91. The van der Waals surface area contributed by atoms with E-state index in [0.717, 1.165) is 44.0 Å². The molecule has 2 aliphatic heterocycles. The van der Waals surface area contributed by atoms with Gasteiger partial charge in [-0.05, 0) is 44.2 Å². The van der Waals surface area contributed by atoms with Crippen molar-refractivity contribution in [2.45, 2.75) is 32.2 Å². The largest absolute Gasteiger partial charge is 0.353 e. The minimum Gasteiger partial charge on any atom is -0.353 e. The van der Waals surface area contributed by atoms with E-state index in [2.05, 4.69) is 25.9 Å². The van der Waals surface area contributed by atoms with Crippen molar-refractivity contribution in [2.75, 3.05) is 24.5 Å². The first-order chi connectivity index (χ1) is 12.2. The number of fused-ring (bicyclic) bond motifs is 1. The van der Waals surface area contributed by atoms with Crippen LogP contribution < -0.4 is 4.90 Å². The van der Waals surface area contributed by atoms with Crippen molar-refractivity contribution in [3.63, 3.8) is 0 Å². The van der Waals surface area contributed by atoms with Gasteiger partial charge in [0.15, 0.2) is 0 Å². The fourth-order valence-corrected chi connectivity index (χ4v) is 4.04. The fourth-order valence-electron chi connectivity index (χ4n) is 4.04. The Morgan fingerprint density at radius 2 is 1.88 bits per heavy atom. The number of carbonyl (C=O) groups excluding carboxylic acids is 1. The Balaban J connectivity index is 1.47. The van der Waals surface area contributed by atoms with Crippen molar-refractivity contribution in [3.05, 3.63) is 48.2 Å². The second kappa shape index (κ2) is 6.78. The van der Waals surface area contributed by atoms with Crippen LogP contribution >= 0.6 is 0 Å². The number of anilines is 1. The molecule has 2 saturated heterocycles. The van der Waals surface area contributed by atoms with Crippen LogP contribution in [0.3, 0.4) is 0 Å². The highest BCUT2D eigenvalue weighted by Crippen LogP contribution is 2.34. The van der Waals surface area contributed by atoms with Crippen LogP contribution in [0.15, 0.2) is 36.8 Å². The summed E-state index contributed by atoms with van der Waals surface area (Å²) in [5, 5.41) is 0. The van der Waals surface area contributed by atoms with Gasteiger partial charge in [0.05, 0.1) is 11.9 Å². The van der Waals surface area contributed by atoms with Crippen molar-refractivity contribution < 1.29 is 4.79 Å². The van der Waals surface area contributed by atoms with Gasteiger partial charge in [-0.15, -0.1) is 0 Å². The standard InChI is InChI=1S/C19H23N5O/c1-14-12-22-16(13-21-14)19(25)23-9-5-15-6-11-24(17(15)7-10-23)18-4-2-3-8-20-18/h2-4,8,12-13,15,17H,5-7,9-11H2,1H3/t15-,17-/m0/s1. The van der Waals surface area contributed by atoms with Crippen LogP contribution in [0.2, 0.25) is 0 Å². The number of hydrogen-bond donors (Lipinski definition) is 0. The van der Waals surface area contributed by atoms with Gasteiger partial charge in [0.2, 0.25) is 0 Å². The molecule has 2 atom stereocenters. The summed E-state index contributed by atoms with van der Waals surface area (Å²) in [6, 6.07) is 6.54. The molecule has 0 saturated carbocycles. The third-order valence-corrected chi connectivity index (χ3v) is 5.38. The van der Waals surface area contributed by atoms with Crippen LogP contribution in [0.4, 0.5) is 5.82 Å². The highest BCUT2D eigenvalue weighted by atomic mass is 16.2. The fraction of sp³-hybridized carbons (Fsp3) is 0.474. The summed E-state index contributed by atoms with van der Waals surface area (Å²) in [7, 11) is 0. The average molecular weight is 337 g/mol. The molecule has 6 heteroatoms. The quantitative estimate of drug-likeness (QED) is 0.841. The van der Waals surface area contributed by atoms with Crippen LogP contribution in [0, 0.1) is 12.8 Å². The van der Waals surface area contributed by atoms with Gasteiger partial charge in [0, 0.05) is 38.1 Å². The number of rotatable bonds is 2. The molecule has 1 amide bonds. The molecule has 0 aromatic carbocycles. The molecule has 2 fully saturated rings. The van der Waals surface area contributed by atoms with Crippen LogP contribution in [0.5, 0.6) is 0 Å². The third kappa shape index (κ3) is 3.21. The maximum Gasteiger partial charge on any atom is 0.274 e. The van der Waals surface area contributed by atoms with Gasteiger partial charge in [-0.2, -0.15) is 0 Å². The lowest BCUT2D eigenvalue weighted by atomic mass is 9.96. The minimum atomic E-state index is -0.00291. The predicted octanol–water partition coefficient (Wildman–Crippen LogP) is 2.31. The molecule has 25 heavy (non-hydrogen) atoms. The zero-order valence-corrected chi connectivity index (χ0v) is 14.5. The van der Waals surface area contributed by atoms with E-state index in [1.807, 2.05) is 30.2 Å². The molecule has 6 nitrogen and oxygen atoms in total. The molecule has 4 heterocycles. The number of pyridine rings is 1. The number of aryl methyl sites for hydroxylation is 1. The van der Waals surface area contributed by atoms with E-state index in [0.29, 0.717) is 17.7 Å². The summed E-state index contributed by atoms with van der Waals surface area (Å²) in [5.74, 6) is 1.68. The Kier molecular flexibility index (Phi) is 4.34. The molecule has 0 N–H and O–H groups in total. The van der Waals surface area contributed by atoms with Gasteiger partial charge < -0.3 is 9.80 Å². The van der Waals surface area contributed by atoms with Crippen molar-refractivity contribution in [3.8, 4) is 0 Å². The Morgan fingerprint density at radius 3 is 2.64 bits per heavy atom. The van der Waals surface area contributed by atoms with Crippen molar-refractivity contribution in [1.29, 1.82) is 0 Å². The Morgan fingerprint density at radius 1 is 1.04 bits per heavy atom. The highest BCUT2D eigenvalue weighted by molar-refractivity contribution is 5.92. The summed E-state index contributed by atoms with van der Waals surface area (Å²) in [6.07, 6.45) is 8.29. The zero-order chi connectivity index (χ0) is 17.2. The summed E-state index contributed by atoms with van der Waals surface area (Å²) in [5.41, 5.74) is 1.27. The second-order valence-electron chi connectivity index (χ2n) is 6.91. The SMILES string of the molecule is Cc1cnc(C(=O)N2CC[C@H]3CCN(c4ccccn4)[C@H]3CC2)cn1. The monoisotopic (exact) mass is 337 g/mol. The molecule has 0 unspecified atom stereocenters. The van der Waals surface area contributed by atoms with E-state index in [-0.39, 0.29) is 5.91 Å². The molecule has 0 aliphatic carbocycles. The first-order valence-corrected chi connectivity index (χ1v) is 8.98. The van der Waals surface area contributed by atoms with Gasteiger partial charge in [-0.3, -0.25) is 9.78 Å². The third-order valence-electron chi connectivity index (χ3n) is 5.38. The molecule has 130 valence electrons. The number of likely N-dealkylation sites (tertiary alicyclic amines) is 1. The summed E-state index contributed by atoms with van der Waals surface area (Å²) < 4.78 is 0. The van der Waals surface area contributed by atoms with E-state index >= 15 is 0 Å². The van der Waals surface area contributed by atoms with Crippen LogP contribution in [-0.2, 0) is 0 Å². The summed E-state index contributed by atoms with van der Waals surface area (Å²) >= 11 is 0. The van der Waals surface area contributed by atoms with E-state index in [4.69, 9.17) is 0 Å². The van der Waals surface area contributed by atoms with E-state index in [1.54, 1.807) is 12.4 Å². The van der Waals surface area contributed by atoms with Gasteiger partial charge in [-0.1, -0.05) is 6.07 Å². The Labute approximate surface area is 147 Å². The smallest absolute Gasteiger partial charge is 0.274 e. The van der Waals surface area contributed by atoms with Gasteiger partial charge >= 0.3 is 0 Å². The lowest BCUT2D eigenvalue weighted by Crippen LogP contribution is -2.36. The maximum absolute atomic E-state index is 12.7. The lowest BCUT2D eigenvalue weighted by Gasteiger charge is -2.28. The Bertz CT molecular complexity index is 733. The molecule has 0 bridgehead atoms. The van der Waals surface area contributed by atoms with Crippen LogP contribution in [-0.4, -0.2) is 51.4 Å². The molecular formula is C19H23N5O. The lowest BCUT2D eigenvalue weighted by molar-refractivity contribution is 0.0752. The van der Waals surface area contributed by atoms with Crippen molar-refractivity contribution >= 4 is 11.7 Å². The molecule has 2 aromatic rings. The van der Waals surface area contributed by atoms with E-state index in [1.165, 1.54) is 6.42 Å². The Hall–Kier alpha value is -2.50. The molecule has 4 rings (SSSR count). The topological polar surface area (TPSA) is 62.2 Å². The molecule has 2 aromatic heterocycles. The molecule has 0 radical (unpaired) electrons. The summed E-state index contributed by atoms with van der Waals surface area (Å²) in [4.78, 5) is 30.1. The number of amides is 1. The molecule has 0 spiro atoms.